The molecule has 0 atom stereocenters. The van der Waals surface area contributed by atoms with Gasteiger partial charge < -0.3 is 5.73 Å². The van der Waals surface area contributed by atoms with E-state index in [1.807, 2.05) is 26.0 Å². The fourth-order valence-electron chi connectivity index (χ4n) is 2.21. The molecule has 0 saturated carbocycles. The second-order valence-electron chi connectivity index (χ2n) is 4.53. The number of hydrogen-bond acceptors (Lipinski definition) is 2. The maximum absolute atomic E-state index is 11.0. The van der Waals surface area contributed by atoms with Crippen molar-refractivity contribution in [2.24, 2.45) is 5.73 Å². The number of rotatable bonds is 2. The normalized spacial score (nSPS) is 10.8. The van der Waals surface area contributed by atoms with Crippen LogP contribution >= 0.6 is 0 Å². The van der Waals surface area contributed by atoms with Gasteiger partial charge in [0.25, 0.3) is 0 Å². The standard InChI is InChI=1S/C14H16N2O/c1-8-4-10(3)16-14-9(2)5-11(6-12(8)14)7-13(15)17/h4-6H,7H2,1-3H3,(H2,15,17). The zero-order chi connectivity index (χ0) is 12.6. The Kier molecular flexibility index (Phi) is 2.84. The monoisotopic (exact) mass is 228 g/mol. The second kappa shape index (κ2) is 4.17. The number of amides is 1. The van der Waals surface area contributed by atoms with Crippen molar-refractivity contribution in [1.82, 2.24) is 4.98 Å². The predicted octanol–water partition coefficient (Wildman–Crippen LogP) is 2.19. The highest BCUT2D eigenvalue weighted by molar-refractivity contribution is 5.87. The first-order valence-electron chi connectivity index (χ1n) is 5.63. The smallest absolute Gasteiger partial charge is 0.221 e. The molecule has 0 unspecified atom stereocenters. The number of aromatic nitrogens is 1. The molecule has 1 amide bonds. The Bertz CT molecular complexity index is 603. The zero-order valence-corrected chi connectivity index (χ0v) is 10.4. The Hall–Kier alpha value is -1.90. The first-order chi connectivity index (χ1) is 7.97. The Morgan fingerprint density at radius 2 is 1.88 bits per heavy atom. The molecule has 1 heterocycles. The lowest BCUT2D eigenvalue weighted by molar-refractivity contribution is -0.117. The van der Waals surface area contributed by atoms with Crippen LogP contribution in [0, 0.1) is 20.8 Å². The van der Waals surface area contributed by atoms with Crippen LogP contribution in [0.1, 0.15) is 22.4 Å². The van der Waals surface area contributed by atoms with Crippen LogP contribution in [0.4, 0.5) is 0 Å². The molecule has 3 nitrogen and oxygen atoms in total. The summed E-state index contributed by atoms with van der Waals surface area (Å²) in [7, 11) is 0. The molecule has 0 aliphatic rings. The number of carbonyl (C=O) groups excluding carboxylic acids is 1. The summed E-state index contributed by atoms with van der Waals surface area (Å²) in [6.07, 6.45) is 0.282. The molecule has 88 valence electrons. The quantitative estimate of drug-likeness (QED) is 0.856. The Morgan fingerprint density at radius 3 is 2.53 bits per heavy atom. The van der Waals surface area contributed by atoms with Gasteiger partial charge in [0.05, 0.1) is 11.9 Å². The number of pyridine rings is 1. The number of nitrogens with zero attached hydrogens (tertiary/aromatic N) is 1. The lowest BCUT2D eigenvalue weighted by atomic mass is 10.0. The van der Waals surface area contributed by atoms with Crippen molar-refractivity contribution in [3.8, 4) is 0 Å². The average Bonchev–Trinajstić information content (AvgIpc) is 2.19. The molecule has 0 fully saturated rings. The highest BCUT2D eigenvalue weighted by Gasteiger charge is 2.07. The maximum Gasteiger partial charge on any atom is 0.221 e. The number of carbonyl (C=O) groups is 1. The lowest BCUT2D eigenvalue weighted by Crippen LogP contribution is -2.13. The zero-order valence-electron chi connectivity index (χ0n) is 10.4. The van der Waals surface area contributed by atoms with Crippen LogP contribution in [0.25, 0.3) is 10.9 Å². The van der Waals surface area contributed by atoms with Crippen LogP contribution in [0.15, 0.2) is 18.2 Å². The first-order valence-corrected chi connectivity index (χ1v) is 5.63. The van der Waals surface area contributed by atoms with E-state index in [0.717, 1.165) is 27.7 Å². The van der Waals surface area contributed by atoms with Crippen molar-refractivity contribution in [2.45, 2.75) is 27.2 Å². The minimum Gasteiger partial charge on any atom is -0.369 e. The molecule has 17 heavy (non-hydrogen) atoms. The fourth-order valence-corrected chi connectivity index (χ4v) is 2.21. The van der Waals surface area contributed by atoms with Gasteiger partial charge in [-0.1, -0.05) is 6.07 Å². The van der Waals surface area contributed by atoms with E-state index < -0.39 is 0 Å². The molecule has 0 saturated heterocycles. The number of aryl methyl sites for hydroxylation is 3. The van der Waals surface area contributed by atoms with Gasteiger partial charge in [-0.25, -0.2) is 0 Å². The second-order valence-corrected chi connectivity index (χ2v) is 4.53. The fraction of sp³-hybridized carbons (Fsp3) is 0.286. The van der Waals surface area contributed by atoms with E-state index in [-0.39, 0.29) is 12.3 Å². The van der Waals surface area contributed by atoms with Crippen LogP contribution in [0.5, 0.6) is 0 Å². The van der Waals surface area contributed by atoms with Crippen LogP contribution in [-0.2, 0) is 11.2 Å². The van der Waals surface area contributed by atoms with Crippen molar-refractivity contribution in [2.75, 3.05) is 0 Å². The third-order valence-corrected chi connectivity index (χ3v) is 2.88. The molecule has 1 aromatic carbocycles. The predicted molar refractivity (Wildman–Crippen MR) is 68.9 cm³/mol. The maximum atomic E-state index is 11.0. The SMILES string of the molecule is Cc1cc(C)c2cc(CC(N)=O)cc(C)c2n1. The van der Waals surface area contributed by atoms with E-state index in [9.17, 15) is 4.79 Å². The average molecular weight is 228 g/mol. The van der Waals surface area contributed by atoms with E-state index in [1.165, 1.54) is 5.56 Å². The van der Waals surface area contributed by atoms with Crippen molar-refractivity contribution < 1.29 is 4.79 Å². The molecule has 2 rings (SSSR count). The number of primary amides is 1. The van der Waals surface area contributed by atoms with Gasteiger partial charge in [-0.2, -0.15) is 0 Å². The molecule has 2 N–H and O–H groups in total. The molecule has 0 aliphatic heterocycles. The lowest BCUT2D eigenvalue weighted by Gasteiger charge is -2.09. The summed E-state index contributed by atoms with van der Waals surface area (Å²) in [4.78, 5) is 15.5. The van der Waals surface area contributed by atoms with Crippen LogP contribution in [-0.4, -0.2) is 10.9 Å². The summed E-state index contributed by atoms with van der Waals surface area (Å²) < 4.78 is 0. The Labute approximate surface area is 101 Å². The molecular weight excluding hydrogens is 212 g/mol. The van der Waals surface area contributed by atoms with Gasteiger partial charge in [0.1, 0.15) is 0 Å². The van der Waals surface area contributed by atoms with Gasteiger partial charge in [0.15, 0.2) is 0 Å². The van der Waals surface area contributed by atoms with Crippen molar-refractivity contribution in [3.05, 3.63) is 40.6 Å². The molecule has 2 aromatic rings. The van der Waals surface area contributed by atoms with Gasteiger partial charge in [-0.15, -0.1) is 0 Å². The van der Waals surface area contributed by atoms with E-state index in [0.29, 0.717) is 0 Å². The largest absolute Gasteiger partial charge is 0.369 e. The summed E-state index contributed by atoms with van der Waals surface area (Å²) in [6, 6.07) is 6.05. The minimum absolute atomic E-state index is 0.282. The topological polar surface area (TPSA) is 56.0 Å². The molecule has 0 bridgehead atoms. The summed E-state index contributed by atoms with van der Waals surface area (Å²) in [5.41, 5.74) is 10.5. The summed E-state index contributed by atoms with van der Waals surface area (Å²) >= 11 is 0. The van der Waals surface area contributed by atoms with E-state index in [1.54, 1.807) is 0 Å². The van der Waals surface area contributed by atoms with Crippen molar-refractivity contribution in [3.63, 3.8) is 0 Å². The van der Waals surface area contributed by atoms with Crippen LogP contribution < -0.4 is 5.73 Å². The van der Waals surface area contributed by atoms with Crippen LogP contribution in [0.3, 0.4) is 0 Å². The number of benzene rings is 1. The first kappa shape index (κ1) is 11.6. The number of fused-ring (bicyclic) bond motifs is 1. The summed E-state index contributed by atoms with van der Waals surface area (Å²) in [5.74, 6) is -0.304. The third kappa shape index (κ3) is 2.28. The Morgan fingerprint density at radius 1 is 1.18 bits per heavy atom. The van der Waals surface area contributed by atoms with E-state index in [2.05, 4.69) is 18.0 Å². The highest BCUT2D eigenvalue weighted by atomic mass is 16.1. The molecule has 0 spiro atoms. The molecule has 3 heteroatoms. The van der Waals surface area contributed by atoms with Gasteiger partial charge >= 0.3 is 0 Å². The van der Waals surface area contributed by atoms with Gasteiger partial charge in [-0.05, 0) is 49.6 Å². The Balaban J connectivity index is 2.68. The van der Waals surface area contributed by atoms with Crippen LogP contribution in [0.2, 0.25) is 0 Å². The summed E-state index contributed by atoms with van der Waals surface area (Å²) in [5, 5.41) is 1.10. The highest BCUT2D eigenvalue weighted by Crippen LogP contribution is 2.23. The van der Waals surface area contributed by atoms with Crippen molar-refractivity contribution >= 4 is 16.8 Å². The number of hydrogen-bond donors (Lipinski definition) is 1. The van der Waals surface area contributed by atoms with E-state index in [4.69, 9.17) is 5.73 Å². The molecule has 0 aliphatic carbocycles. The van der Waals surface area contributed by atoms with Gasteiger partial charge in [0.2, 0.25) is 5.91 Å². The third-order valence-electron chi connectivity index (χ3n) is 2.88. The molecule has 0 radical (unpaired) electrons. The van der Waals surface area contributed by atoms with Crippen molar-refractivity contribution in [1.29, 1.82) is 0 Å². The molecular formula is C14H16N2O. The van der Waals surface area contributed by atoms with Gasteiger partial charge in [-0.3, -0.25) is 9.78 Å². The molecule has 1 aromatic heterocycles. The summed E-state index contributed by atoms with van der Waals surface area (Å²) in [6.45, 7) is 6.06. The minimum atomic E-state index is -0.304. The van der Waals surface area contributed by atoms with Gasteiger partial charge in [0, 0.05) is 11.1 Å². The number of nitrogens with two attached hydrogens (primary N) is 1. The van der Waals surface area contributed by atoms with E-state index >= 15 is 0 Å².